The van der Waals surface area contributed by atoms with Crippen LogP contribution in [0.15, 0.2) is 71.8 Å². The Morgan fingerprint density at radius 3 is 2.36 bits per heavy atom. The van der Waals surface area contributed by atoms with Gasteiger partial charge in [-0.1, -0.05) is 29.8 Å². The number of fused-ring (bicyclic) bond motifs is 2. The van der Waals surface area contributed by atoms with Crippen molar-refractivity contribution < 1.29 is 14.3 Å². The van der Waals surface area contributed by atoms with Crippen molar-refractivity contribution in [2.75, 3.05) is 25.3 Å². The largest absolute Gasteiger partial charge is 0.493 e. The summed E-state index contributed by atoms with van der Waals surface area (Å²) in [5, 5.41) is 7.45. The lowest BCUT2D eigenvalue weighted by Gasteiger charge is -2.07. The van der Waals surface area contributed by atoms with Gasteiger partial charge in [-0.3, -0.25) is 4.79 Å². The molecule has 2 aromatic heterocycles. The predicted molar refractivity (Wildman–Crippen MR) is 141 cm³/mol. The second kappa shape index (κ2) is 9.38. The van der Waals surface area contributed by atoms with Crippen LogP contribution < -0.4 is 20.5 Å². The van der Waals surface area contributed by atoms with Gasteiger partial charge in [0.1, 0.15) is 16.9 Å². The number of carbonyl (C=O) groups is 1. The summed E-state index contributed by atoms with van der Waals surface area (Å²) in [6, 6.07) is 20.3. The molecule has 0 atom stereocenters. The molecule has 36 heavy (non-hydrogen) atoms. The van der Waals surface area contributed by atoms with Gasteiger partial charge in [0.15, 0.2) is 17.1 Å². The molecule has 3 aromatic carbocycles. The van der Waals surface area contributed by atoms with E-state index in [0.29, 0.717) is 39.4 Å². The van der Waals surface area contributed by atoms with Gasteiger partial charge in [0.25, 0.3) is 5.91 Å². The molecule has 0 radical (unpaired) electrons. The van der Waals surface area contributed by atoms with E-state index in [0.717, 1.165) is 11.1 Å². The van der Waals surface area contributed by atoms with E-state index in [4.69, 9.17) is 25.2 Å². The van der Waals surface area contributed by atoms with Crippen molar-refractivity contribution in [2.24, 2.45) is 5.10 Å². The number of hydrogen-bond acceptors (Lipinski definition) is 7. The summed E-state index contributed by atoms with van der Waals surface area (Å²) in [6.07, 6.45) is 1.61. The van der Waals surface area contributed by atoms with Crippen molar-refractivity contribution in [3.63, 3.8) is 0 Å². The number of amides is 1. The third-order valence-electron chi connectivity index (χ3n) is 5.74. The van der Waals surface area contributed by atoms with Crippen LogP contribution in [0.4, 0.5) is 11.5 Å². The monoisotopic (exact) mass is 480 g/mol. The van der Waals surface area contributed by atoms with Crippen molar-refractivity contribution in [3.05, 3.63) is 83.4 Å². The normalized spacial score (nSPS) is 11.3. The van der Waals surface area contributed by atoms with Crippen molar-refractivity contribution in [2.45, 2.75) is 6.92 Å². The minimum atomic E-state index is -0.397. The summed E-state index contributed by atoms with van der Waals surface area (Å²) in [5.74, 6) is 0.899. The van der Waals surface area contributed by atoms with Crippen molar-refractivity contribution in [3.8, 4) is 11.5 Å². The summed E-state index contributed by atoms with van der Waals surface area (Å²) in [6.45, 7) is 1.98. The Bertz CT molecular complexity index is 1620. The zero-order chi connectivity index (χ0) is 25.2. The van der Waals surface area contributed by atoms with Crippen LogP contribution in [0.1, 0.15) is 21.5 Å². The molecule has 0 bridgehead atoms. The summed E-state index contributed by atoms with van der Waals surface area (Å²) in [5.41, 5.74) is 11.2. The van der Waals surface area contributed by atoms with Gasteiger partial charge in [-0.05, 0) is 55.0 Å². The quantitative estimate of drug-likeness (QED) is 0.342. The highest BCUT2D eigenvalue weighted by atomic mass is 16.5. The number of methoxy groups -OCH3 is 2. The van der Waals surface area contributed by atoms with E-state index in [2.05, 4.69) is 10.4 Å². The van der Waals surface area contributed by atoms with Crippen LogP contribution in [-0.2, 0) is 0 Å². The molecular formula is C27H24N6O3. The third kappa shape index (κ3) is 4.18. The molecular weight excluding hydrogens is 456 g/mol. The van der Waals surface area contributed by atoms with Crippen LogP contribution in [0, 0.1) is 6.92 Å². The number of ether oxygens (including phenoxy) is 2. The predicted octanol–water partition coefficient (Wildman–Crippen LogP) is 4.63. The molecule has 5 aromatic rings. The number of anilines is 2. The van der Waals surface area contributed by atoms with Crippen LogP contribution in [0.2, 0.25) is 0 Å². The number of para-hydroxylation sites is 2. The van der Waals surface area contributed by atoms with Crippen molar-refractivity contribution >= 4 is 45.8 Å². The van der Waals surface area contributed by atoms with Gasteiger partial charge in [-0.15, -0.1) is 0 Å². The highest BCUT2D eigenvalue weighted by Gasteiger charge is 2.24. The number of nitrogens with zero attached hydrogens (tertiary/aromatic N) is 4. The number of rotatable bonds is 6. The maximum absolute atomic E-state index is 13.4. The Labute approximate surface area is 207 Å². The number of benzene rings is 3. The number of nitrogen functional groups attached to an aromatic ring is 1. The van der Waals surface area contributed by atoms with E-state index in [1.807, 2.05) is 61.5 Å². The lowest BCUT2D eigenvalue weighted by molar-refractivity contribution is 0.102. The van der Waals surface area contributed by atoms with E-state index in [1.54, 1.807) is 32.6 Å². The number of aromatic nitrogens is 3. The van der Waals surface area contributed by atoms with E-state index >= 15 is 0 Å². The molecule has 0 fully saturated rings. The second-order valence-corrected chi connectivity index (χ2v) is 8.14. The summed E-state index contributed by atoms with van der Waals surface area (Å²) in [4.78, 5) is 22.8. The average Bonchev–Trinajstić information content (AvgIpc) is 3.17. The molecule has 9 heteroatoms. The smallest absolute Gasteiger partial charge is 0.261 e. The van der Waals surface area contributed by atoms with Gasteiger partial charge >= 0.3 is 0 Å². The maximum Gasteiger partial charge on any atom is 0.261 e. The first-order chi connectivity index (χ1) is 17.5. The van der Waals surface area contributed by atoms with E-state index in [1.165, 1.54) is 4.68 Å². The van der Waals surface area contributed by atoms with Crippen LogP contribution in [0.3, 0.4) is 0 Å². The van der Waals surface area contributed by atoms with E-state index in [-0.39, 0.29) is 11.4 Å². The number of aryl methyl sites for hydroxylation is 1. The van der Waals surface area contributed by atoms with Gasteiger partial charge < -0.3 is 20.5 Å². The molecule has 0 saturated carbocycles. The Morgan fingerprint density at radius 2 is 1.67 bits per heavy atom. The second-order valence-electron chi connectivity index (χ2n) is 8.14. The molecule has 5 rings (SSSR count). The zero-order valence-electron chi connectivity index (χ0n) is 20.0. The fourth-order valence-electron chi connectivity index (χ4n) is 3.88. The highest BCUT2D eigenvalue weighted by molar-refractivity contribution is 6.16. The van der Waals surface area contributed by atoms with Crippen molar-refractivity contribution in [1.82, 2.24) is 14.6 Å². The lowest BCUT2D eigenvalue weighted by atomic mass is 10.2. The Hall–Kier alpha value is -4.92. The van der Waals surface area contributed by atoms with Gasteiger partial charge in [0, 0.05) is 5.69 Å². The van der Waals surface area contributed by atoms with E-state index < -0.39 is 5.91 Å². The Kier molecular flexibility index (Phi) is 5.95. The fraction of sp³-hybridized carbons (Fsp3) is 0.111. The molecule has 9 nitrogen and oxygen atoms in total. The first-order valence-electron chi connectivity index (χ1n) is 11.2. The first-order valence-corrected chi connectivity index (χ1v) is 11.2. The highest BCUT2D eigenvalue weighted by Crippen LogP contribution is 2.30. The molecule has 1 amide bonds. The van der Waals surface area contributed by atoms with Crippen LogP contribution >= 0.6 is 0 Å². The standard InChI is InChI=1S/C27H24N6O3/c1-16-8-11-18(12-9-16)30-27(34)23-24-26(32-20-7-5-4-6-19(20)31-24)33(25(23)28)29-15-17-10-13-21(35-2)22(14-17)36-3/h4-15H,28H2,1-3H3,(H,30,34). The van der Waals surface area contributed by atoms with E-state index in [9.17, 15) is 4.79 Å². The molecule has 0 saturated heterocycles. The van der Waals surface area contributed by atoms with Crippen LogP contribution in [0.5, 0.6) is 11.5 Å². The molecule has 0 spiro atoms. The first kappa shape index (κ1) is 22.9. The zero-order valence-corrected chi connectivity index (χ0v) is 20.0. The van der Waals surface area contributed by atoms with Gasteiger partial charge in [0.2, 0.25) is 0 Å². The molecule has 0 aliphatic heterocycles. The number of carbonyl (C=O) groups excluding carboxylic acids is 1. The number of nitrogens with one attached hydrogen (secondary N) is 1. The molecule has 0 unspecified atom stereocenters. The molecule has 180 valence electrons. The summed E-state index contributed by atoms with van der Waals surface area (Å²) < 4.78 is 12.1. The topological polar surface area (TPSA) is 117 Å². The number of hydrogen-bond donors (Lipinski definition) is 2. The maximum atomic E-state index is 13.4. The minimum Gasteiger partial charge on any atom is -0.493 e. The average molecular weight is 481 g/mol. The van der Waals surface area contributed by atoms with Gasteiger partial charge in [0.05, 0.1) is 31.5 Å². The van der Waals surface area contributed by atoms with Gasteiger partial charge in [-0.2, -0.15) is 9.78 Å². The lowest BCUT2D eigenvalue weighted by Crippen LogP contribution is -2.14. The molecule has 0 aliphatic rings. The van der Waals surface area contributed by atoms with Crippen LogP contribution in [0.25, 0.3) is 22.2 Å². The van der Waals surface area contributed by atoms with Crippen LogP contribution in [-0.4, -0.2) is 41.0 Å². The minimum absolute atomic E-state index is 0.127. The Morgan fingerprint density at radius 1 is 0.972 bits per heavy atom. The van der Waals surface area contributed by atoms with Gasteiger partial charge in [-0.25, -0.2) is 9.97 Å². The fourth-order valence-corrected chi connectivity index (χ4v) is 3.88. The van der Waals surface area contributed by atoms with Crippen molar-refractivity contribution in [1.29, 1.82) is 0 Å². The molecule has 0 aliphatic carbocycles. The molecule has 2 heterocycles. The number of nitrogens with two attached hydrogens (primary N) is 1. The SMILES string of the molecule is COc1ccc(C=Nn2c(N)c(C(=O)Nc3ccc(C)cc3)c3nc4ccccc4nc32)cc1OC. The summed E-state index contributed by atoms with van der Waals surface area (Å²) >= 11 is 0. The summed E-state index contributed by atoms with van der Waals surface area (Å²) in [7, 11) is 3.14. The molecule has 3 N–H and O–H groups in total. The Balaban J connectivity index is 1.63. The third-order valence-corrected chi connectivity index (χ3v) is 5.74.